The number of hydrogen-bond acceptors (Lipinski definition) is 5. The van der Waals surface area contributed by atoms with E-state index in [4.69, 9.17) is 10.8 Å². The maximum atomic E-state index is 9.04. The zero-order valence-corrected chi connectivity index (χ0v) is 9.76. The van der Waals surface area contributed by atoms with Gasteiger partial charge in [0.2, 0.25) is 0 Å². The van der Waals surface area contributed by atoms with Gasteiger partial charge in [0.1, 0.15) is 0 Å². The normalized spacial score (nSPS) is 10.4. The molecule has 0 fully saturated rings. The summed E-state index contributed by atoms with van der Waals surface area (Å²) in [6.07, 6.45) is 3.82. The molecular formula is C11H20N4O. The molecule has 0 spiro atoms. The first-order chi connectivity index (χ1) is 7.83. The number of nitrogens with two attached hydrogens (primary N) is 1. The fourth-order valence-electron chi connectivity index (χ4n) is 1.57. The number of anilines is 1. The van der Waals surface area contributed by atoms with Crippen LogP contribution < -0.4 is 10.6 Å². The summed E-state index contributed by atoms with van der Waals surface area (Å²) in [6, 6.07) is 1.87. The van der Waals surface area contributed by atoms with Crippen molar-refractivity contribution in [2.75, 3.05) is 24.6 Å². The summed E-state index contributed by atoms with van der Waals surface area (Å²) in [5.74, 6) is 0.799. The average molecular weight is 224 g/mol. The second kappa shape index (κ2) is 7.14. The maximum absolute atomic E-state index is 9.04. The third-order valence-corrected chi connectivity index (χ3v) is 2.45. The summed E-state index contributed by atoms with van der Waals surface area (Å²) in [4.78, 5) is 2.04. The molecule has 0 aromatic carbocycles. The fourth-order valence-corrected chi connectivity index (χ4v) is 1.57. The minimum absolute atomic E-state index is 0.115. The first kappa shape index (κ1) is 12.9. The van der Waals surface area contributed by atoms with Crippen LogP contribution >= 0.6 is 0 Å². The van der Waals surface area contributed by atoms with Crippen molar-refractivity contribution in [3.05, 3.63) is 17.8 Å². The molecule has 0 amide bonds. The van der Waals surface area contributed by atoms with Gasteiger partial charge in [-0.15, -0.1) is 5.10 Å². The van der Waals surface area contributed by atoms with Gasteiger partial charge in [-0.1, -0.05) is 13.3 Å². The standard InChI is InChI=1S/C11H20N4O/c1-2-3-6-15(7-8-16)11-10(9-12)4-5-13-14-11/h4-5,16H,2-3,6-9,12H2,1H3. The summed E-state index contributed by atoms with van der Waals surface area (Å²) < 4.78 is 0. The molecule has 0 aliphatic carbocycles. The van der Waals surface area contributed by atoms with E-state index in [1.807, 2.05) is 11.0 Å². The zero-order chi connectivity index (χ0) is 11.8. The monoisotopic (exact) mass is 224 g/mol. The smallest absolute Gasteiger partial charge is 0.155 e. The molecule has 0 radical (unpaired) electrons. The highest BCUT2D eigenvalue weighted by molar-refractivity contribution is 5.45. The quantitative estimate of drug-likeness (QED) is 0.707. The number of unbranched alkanes of at least 4 members (excludes halogenated alkanes) is 1. The first-order valence-electron chi connectivity index (χ1n) is 5.70. The Kier molecular flexibility index (Phi) is 5.74. The molecule has 1 rings (SSSR count). The van der Waals surface area contributed by atoms with Gasteiger partial charge in [-0.2, -0.15) is 5.10 Å². The molecule has 16 heavy (non-hydrogen) atoms. The minimum Gasteiger partial charge on any atom is -0.395 e. The van der Waals surface area contributed by atoms with Crippen LogP contribution in [-0.2, 0) is 6.54 Å². The van der Waals surface area contributed by atoms with Crippen LogP contribution in [0.2, 0.25) is 0 Å². The van der Waals surface area contributed by atoms with Gasteiger partial charge in [-0.25, -0.2) is 0 Å². The molecule has 1 aromatic rings. The van der Waals surface area contributed by atoms with Gasteiger partial charge in [0.25, 0.3) is 0 Å². The maximum Gasteiger partial charge on any atom is 0.155 e. The second-order valence-electron chi connectivity index (χ2n) is 3.65. The van der Waals surface area contributed by atoms with Crippen molar-refractivity contribution in [2.24, 2.45) is 5.73 Å². The number of rotatable bonds is 7. The van der Waals surface area contributed by atoms with Crippen molar-refractivity contribution in [3.63, 3.8) is 0 Å². The number of aliphatic hydroxyl groups excluding tert-OH is 1. The first-order valence-corrected chi connectivity index (χ1v) is 5.70. The molecule has 0 unspecified atom stereocenters. The van der Waals surface area contributed by atoms with Crippen molar-refractivity contribution >= 4 is 5.82 Å². The van der Waals surface area contributed by atoms with Gasteiger partial charge < -0.3 is 15.7 Å². The van der Waals surface area contributed by atoms with Gasteiger partial charge >= 0.3 is 0 Å². The van der Waals surface area contributed by atoms with Crippen molar-refractivity contribution in [2.45, 2.75) is 26.3 Å². The Balaban J connectivity index is 2.81. The highest BCUT2D eigenvalue weighted by atomic mass is 16.3. The van der Waals surface area contributed by atoms with E-state index in [1.165, 1.54) is 0 Å². The summed E-state index contributed by atoms with van der Waals surface area (Å²) >= 11 is 0. The molecule has 0 aliphatic heterocycles. The SMILES string of the molecule is CCCCN(CCO)c1nnccc1CN. The minimum atomic E-state index is 0.115. The topological polar surface area (TPSA) is 75.3 Å². The highest BCUT2D eigenvalue weighted by Crippen LogP contribution is 2.15. The zero-order valence-electron chi connectivity index (χ0n) is 9.76. The molecule has 5 nitrogen and oxygen atoms in total. The Hall–Kier alpha value is -1.20. The molecule has 1 aromatic heterocycles. The van der Waals surface area contributed by atoms with Crippen LogP contribution in [0.3, 0.4) is 0 Å². The van der Waals surface area contributed by atoms with Crippen LogP contribution in [0.4, 0.5) is 5.82 Å². The Bertz CT molecular complexity index is 306. The lowest BCUT2D eigenvalue weighted by Gasteiger charge is -2.23. The number of aromatic nitrogens is 2. The molecule has 0 saturated heterocycles. The van der Waals surface area contributed by atoms with Gasteiger partial charge in [-0.05, 0) is 12.5 Å². The summed E-state index contributed by atoms with van der Waals surface area (Å²) in [6.45, 7) is 4.15. The number of aliphatic hydroxyl groups is 1. The Morgan fingerprint density at radius 1 is 1.44 bits per heavy atom. The highest BCUT2D eigenvalue weighted by Gasteiger charge is 2.11. The summed E-state index contributed by atoms with van der Waals surface area (Å²) in [7, 11) is 0. The lowest BCUT2D eigenvalue weighted by atomic mass is 10.2. The summed E-state index contributed by atoms with van der Waals surface area (Å²) in [5, 5.41) is 17.0. The Morgan fingerprint density at radius 2 is 2.25 bits per heavy atom. The second-order valence-corrected chi connectivity index (χ2v) is 3.65. The molecule has 3 N–H and O–H groups in total. The largest absolute Gasteiger partial charge is 0.395 e. The van der Waals surface area contributed by atoms with Crippen LogP contribution in [0.15, 0.2) is 12.3 Å². The van der Waals surface area contributed by atoms with Crippen molar-refractivity contribution in [1.29, 1.82) is 0 Å². The van der Waals surface area contributed by atoms with Gasteiger partial charge in [-0.3, -0.25) is 0 Å². The van der Waals surface area contributed by atoms with E-state index in [1.54, 1.807) is 6.20 Å². The summed E-state index contributed by atoms with van der Waals surface area (Å²) in [5.41, 5.74) is 6.63. The molecular weight excluding hydrogens is 204 g/mol. The van der Waals surface area contributed by atoms with Crippen LogP contribution in [0.1, 0.15) is 25.3 Å². The van der Waals surface area contributed by atoms with Crippen molar-refractivity contribution in [3.8, 4) is 0 Å². The molecule has 0 aliphatic rings. The number of hydrogen-bond donors (Lipinski definition) is 2. The van der Waals surface area contributed by atoms with E-state index in [0.29, 0.717) is 13.1 Å². The molecule has 0 atom stereocenters. The van der Waals surface area contributed by atoms with E-state index < -0.39 is 0 Å². The van der Waals surface area contributed by atoms with Gasteiger partial charge in [0.15, 0.2) is 5.82 Å². The van der Waals surface area contributed by atoms with Gasteiger partial charge in [0, 0.05) is 25.2 Å². The lowest BCUT2D eigenvalue weighted by Crippen LogP contribution is -2.30. The van der Waals surface area contributed by atoms with E-state index in [-0.39, 0.29) is 6.61 Å². The van der Waals surface area contributed by atoms with E-state index in [0.717, 1.165) is 30.8 Å². The molecule has 90 valence electrons. The van der Waals surface area contributed by atoms with Crippen LogP contribution in [0, 0.1) is 0 Å². The number of nitrogens with zero attached hydrogens (tertiary/aromatic N) is 3. The fraction of sp³-hybridized carbons (Fsp3) is 0.636. The third-order valence-electron chi connectivity index (χ3n) is 2.45. The van der Waals surface area contributed by atoms with Crippen molar-refractivity contribution in [1.82, 2.24) is 10.2 Å². The third kappa shape index (κ3) is 3.43. The van der Waals surface area contributed by atoms with E-state index in [9.17, 15) is 0 Å². The average Bonchev–Trinajstić information content (AvgIpc) is 2.34. The molecule has 5 heteroatoms. The van der Waals surface area contributed by atoms with Crippen molar-refractivity contribution < 1.29 is 5.11 Å². The molecule has 0 saturated carbocycles. The van der Waals surface area contributed by atoms with Crippen LogP contribution in [0.5, 0.6) is 0 Å². The predicted octanol–water partition coefficient (Wildman–Crippen LogP) is 0.534. The van der Waals surface area contributed by atoms with Crippen LogP contribution in [-0.4, -0.2) is 35.0 Å². The lowest BCUT2D eigenvalue weighted by molar-refractivity contribution is 0.301. The Morgan fingerprint density at radius 3 is 2.88 bits per heavy atom. The van der Waals surface area contributed by atoms with E-state index >= 15 is 0 Å². The van der Waals surface area contributed by atoms with E-state index in [2.05, 4.69) is 17.1 Å². The van der Waals surface area contributed by atoms with Gasteiger partial charge in [0.05, 0.1) is 12.8 Å². The predicted molar refractivity (Wildman–Crippen MR) is 64.1 cm³/mol. The Labute approximate surface area is 96.3 Å². The molecule has 0 bridgehead atoms. The molecule has 1 heterocycles. The van der Waals surface area contributed by atoms with Crippen LogP contribution in [0.25, 0.3) is 0 Å².